The van der Waals surface area contributed by atoms with Gasteiger partial charge in [-0.15, -0.1) is 23.1 Å². The van der Waals surface area contributed by atoms with E-state index in [0.29, 0.717) is 22.6 Å². The van der Waals surface area contributed by atoms with Gasteiger partial charge in [-0.25, -0.2) is 4.79 Å². The fourth-order valence-electron chi connectivity index (χ4n) is 5.18. The predicted octanol–water partition coefficient (Wildman–Crippen LogP) is 4.64. The van der Waals surface area contributed by atoms with E-state index in [0.717, 1.165) is 15.6 Å². The molecule has 3 heterocycles. The first-order valence-corrected chi connectivity index (χ1v) is 17.8. The number of thioether (sulfide) groups is 1. The molecule has 1 saturated heterocycles. The van der Waals surface area contributed by atoms with Gasteiger partial charge >= 0.3 is 5.97 Å². The van der Waals surface area contributed by atoms with Gasteiger partial charge in [0.05, 0.1) is 22.1 Å². The largest absolute Gasteiger partial charge is 0.456 e. The van der Waals surface area contributed by atoms with E-state index in [4.69, 9.17) is 15.0 Å². The first kappa shape index (κ1) is 34.7. The second kappa shape index (κ2) is 14.2. The lowest BCUT2D eigenvalue weighted by Crippen LogP contribution is -2.72. The van der Waals surface area contributed by atoms with Gasteiger partial charge in [0.25, 0.3) is 21.7 Å². The normalized spacial score (nSPS) is 17.2. The summed E-state index contributed by atoms with van der Waals surface area (Å²) in [5.41, 5.74) is 8.70. The summed E-state index contributed by atoms with van der Waals surface area (Å²) in [7, 11) is -4.02. The monoisotopic (exact) mass is 710 g/mol. The number of thiophene rings is 1. The molecule has 16 heteroatoms. The van der Waals surface area contributed by atoms with Gasteiger partial charge in [-0.3, -0.25) is 34.1 Å². The van der Waals surface area contributed by atoms with Gasteiger partial charge in [-0.1, -0.05) is 35.9 Å². The number of anilines is 1. The molecule has 0 radical (unpaired) electrons. The highest BCUT2D eigenvalue weighted by Crippen LogP contribution is 2.45. The minimum absolute atomic E-state index is 0.0621. The number of nitrogens with two attached hydrogens (primary N) is 1. The average Bonchev–Trinajstić information content (AvgIpc) is 3.49. The molecule has 2 aliphatic heterocycles. The van der Waals surface area contributed by atoms with E-state index in [1.54, 1.807) is 19.1 Å². The van der Waals surface area contributed by atoms with Crippen LogP contribution in [-0.2, 0) is 35.8 Å². The van der Waals surface area contributed by atoms with E-state index in [2.05, 4.69) is 0 Å². The number of fused-ring (bicyclic) bond motifs is 2. The molecular weight excluding hydrogens is 681 g/mol. The van der Waals surface area contributed by atoms with E-state index < -0.39 is 32.4 Å². The standard InChI is InChI=1S/C25H22N4O6S2.C7H8O3S/c1-14-12-37-24-22(27(20(30)10-26)18-13-36-19-5-3-2-4-17(18)19)23(31)28(24)21(14)25(32)35-11-15-6-8-16(9-7-15)29(33)34;1-6-2-4-7(5-3-6)11(8,9)10/h2-9,13,22,24H,10-12,26H2,1H3;2-5H,1H3,(H,8,9,10)/t22?,24-;/m0./s1. The number of rotatable bonds is 8. The second-order valence-corrected chi connectivity index (χ2v) is 14.3. The number of esters is 1. The van der Waals surface area contributed by atoms with E-state index in [9.17, 15) is 32.9 Å². The van der Waals surface area contributed by atoms with Gasteiger partial charge < -0.3 is 10.5 Å². The lowest BCUT2D eigenvalue weighted by Gasteiger charge is -2.52. The third-order valence-electron chi connectivity index (χ3n) is 7.60. The Balaban J connectivity index is 0.000000349. The van der Waals surface area contributed by atoms with Crippen molar-refractivity contribution in [2.45, 2.75) is 36.8 Å². The molecule has 2 atom stereocenters. The van der Waals surface area contributed by atoms with Crippen molar-refractivity contribution in [3.05, 3.63) is 111 Å². The summed E-state index contributed by atoms with van der Waals surface area (Å²) < 4.78 is 36.0. The average molecular weight is 711 g/mol. The molecular formula is C32H30N4O9S3. The zero-order chi connectivity index (χ0) is 34.7. The van der Waals surface area contributed by atoms with Crippen LogP contribution in [0.4, 0.5) is 11.4 Å². The number of carbonyl (C=O) groups excluding carboxylic acids is 3. The molecule has 1 fully saturated rings. The zero-order valence-electron chi connectivity index (χ0n) is 25.6. The number of ether oxygens (including phenoxy) is 1. The molecule has 4 aromatic rings. The van der Waals surface area contributed by atoms with Crippen LogP contribution in [-0.4, -0.2) is 64.3 Å². The molecule has 13 nitrogen and oxygen atoms in total. The lowest BCUT2D eigenvalue weighted by molar-refractivity contribution is -0.384. The topological polar surface area (TPSA) is 190 Å². The van der Waals surface area contributed by atoms with Gasteiger partial charge in [0.1, 0.15) is 23.7 Å². The van der Waals surface area contributed by atoms with Crippen LogP contribution in [0.3, 0.4) is 0 Å². The van der Waals surface area contributed by atoms with Crippen LogP contribution in [0.15, 0.2) is 94.3 Å². The van der Waals surface area contributed by atoms with Gasteiger partial charge in [0.2, 0.25) is 5.91 Å². The minimum Gasteiger partial charge on any atom is -0.456 e. The Morgan fingerprint density at radius 2 is 1.75 bits per heavy atom. The van der Waals surface area contributed by atoms with E-state index in [1.807, 2.05) is 36.6 Å². The quantitative estimate of drug-likeness (QED) is 0.0851. The van der Waals surface area contributed by atoms with Gasteiger partial charge in [0.15, 0.2) is 0 Å². The van der Waals surface area contributed by atoms with Crippen LogP contribution >= 0.6 is 23.1 Å². The number of carbonyl (C=O) groups is 3. The molecule has 2 aliphatic rings. The van der Waals surface area contributed by atoms with Crippen molar-refractivity contribution in [2.24, 2.45) is 5.73 Å². The van der Waals surface area contributed by atoms with Crippen molar-refractivity contribution in [1.29, 1.82) is 0 Å². The summed E-state index contributed by atoms with van der Waals surface area (Å²) >= 11 is 2.95. The molecule has 6 rings (SSSR count). The Morgan fingerprint density at radius 1 is 1.08 bits per heavy atom. The van der Waals surface area contributed by atoms with Crippen LogP contribution in [0.1, 0.15) is 18.1 Å². The summed E-state index contributed by atoms with van der Waals surface area (Å²) in [6.45, 7) is 3.25. The fraction of sp³-hybridized carbons (Fsp3) is 0.219. The summed E-state index contributed by atoms with van der Waals surface area (Å²) in [6.07, 6.45) is 0. The number of nitro benzene ring substituents is 1. The van der Waals surface area contributed by atoms with E-state index in [1.165, 1.54) is 69.3 Å². The number of benzene rings is 3. The Labute approximate surface area is 283 Å². The van der Waals surface area contributed by atoms with Crippen LogP contribution in [0.2, 0.25) is 0 Å². The van der Waals surface area contributed by atoms with Crippen molar-refractivity contribution < 1.29 is 37.0 Å². The first-order chi connectivity index (χ1) is 22.8. The molecule has 0 bridgehead atoms. The maximum Gasteiger partial charge on any atom is 0.355 e. The molecule has 250 valence electrons. The molecule has 1 aromatic heterocycles. The highest BCUT2D eigenvalue weighted by atomic mass is 32.2. The fourth-order valence-corrected chi connectivity index (χ4v) is 7.93. The summed E-state index contributed by atoms with van der Waals surface area (Å²) in [4.78, 5) is 52.7. The number of nitro groups is 1. The number of hydrogen-bond donors (Lipinski definition) is 2. The SMILES string of the molecule is CC1=C(C(=O)OCc2ccc([N+](=O)[O-])cc2)N2C(=O)C(N(C(=O)CN)c3csc4ccccc34)[C@@H]2SC1.Cc1ccc(S(=O)(=O)O)cc1. The third-order valence-corrected chi connectivity index (χ3v) is 10.8. The highest BCUT2D eigenvalue weighted by Gasteiger charge is 2.57. The van der Waals surface area contributed by atoms with Crippen LogP contribution in [0, 0.1) is 17.0 Å². The highest BCUT2D eigenvalue weighted by molar-refractivity contribution is 8.00. The molecule has 1 unspecified atom stereocenters. The smallest absolute Gasteiger partial charge is 0.355 e. The lowest BCUT2D eigenvalue weighted by atomic mass is 10.00. The van der Waals surface area contributed by atoms with Crippen LogP contribution in [0.25, 0.3) is 10.1 Å². The van der Waals surface area contributed by atoms with E-state index >= 15 is 0 Å². The minimum atomic E-state index is -4.02. The van der Waals surface area contributed by atoms with Crippen LogP contribution < -0.4 is 10.6 Å². The molecule has 0 aliphatic carbocycles. The Bertz CT molecular complexity index is 2030. The molecule has 48 heavy (non-hydrogen) atoms. The maximum absolute atomic E-state index is 13.5. The predicted molar refractivity (Wildman–Crippen MR) is 182 cm³/mol. The summed E-state index contributed by atoms with van der Waals surface area (Å²) in [5, 5.41) is 13.1. The number of hydrogen-bond acceptors (Lipinski definition) is 11. The zero-order valence-corrected chi connectivity index (χ0v) is 28.1. The Hall–Kier alpha value is -4.61. The third kappa shape index (κ3) is 7.12. The number of aryl methyl sites for hydroxylation is 1. The maximum atomic E-state index is 13.5. The van der Waals surface area contributed by atoms with Crippen molar-refractivity contribution in [1.82, 2.24) is 4.90 Å². The molecule has 0 spiro atoms. The van der Waals surface area contributed by atoms with Crippen LogP contribution in [0.5, 0.6) is 0 Å². The number of amides is 2. The number of nitrogens with zero attached hydrogens (tertiary/aromatic N) is 3. The van der Waals surface area contributed by atoms with Gasteiger partial charge in [-0.2, -0.15) is 8.42 Å². The summed E-state index contributed by atoms with van der Waals surface area (Å²) in [6, 6.07) is 18.5. The van der Waals surface area contributed by atoms with Crippen molar-refractivity contribution in [3.63, 3.8) is 0 Å². The molecule has 0 saturated carbocycles. The molecule has 3 aromatic carbocycles. The first-order valence-electron chi connectivity index (χ1n) is 14.4. The molecule has 3 N–H and O–H groups in total. The number of non-ortho nitro benzene ring substituents is 1. The van der Waals surface area contributed by atoms with E-state index in [-0.39, 0.29) is 41.2 Å². The summed E-state index contributed by atoms with van der Waals surface area (Å²) in [5.74, 6) is -0.931. The van der Waals surface area contributed by atoms with Gasteiger partial charge in [0, 0.05) is 33.4 Å². The van der Waals surface area contributed by atoms with Gasteiger partial charge in [-0.05, 0) is 55.3 Å². The molecule has 2 amide bonds. The second-order valence-electron chi connectivity index (χ2n) is 10.9. The van der Waals surface area contributed by atoms with Crippen molar-refractivity contribution in [3.8, 4) is 0 Å². The van der Waals surface area contributed by atoms with Crippen molar-refractivity contribution in [2.75, 3.05) is 17.2 Å². The van der Waals surface area contributed by atoms with Crippen molar-refractivity contribution >= 4 is 72.5 Å². The Morgan fingerprint density at radius 3 is 2.38 bits per heavy atom. The number of β-lactam (4-membered cyclic amide) rings is 1. The Kier molecular flexibility index (Phi) is 10.3.